The van der Waals surface area contributed by atoms with Gasteiger partial charge in [0.1, 0.15) is 23.7 Å². The Labute approximate surface area is 188 Å². The summed E-state index contributed by atoms with van der Waals surface area (Å²) in [5.41, 5.74) is 2.27. The van der Waals surface area contributed by atoms with E-state index in [4.69, 9.17) is 14.5 Å². The summed E-state index contributed by atoms with van der Waals surface area (Å²) in [4.78, 5) is 4.85. The number of rotatable bonds is 8. The van der Waals surface area contributed by atoms with Crippen LogP contribution in [0.2, 0.25) is 0 Å². The van der Waals surface area contributed by atoms with E-state index in [-0.39, 0.29) is 6.04 Å². The van der Waals surface area contributed by atoms with Crippen molar-refractivity contribution in [2.45, 2.75) is 38.9 Å². The average molecular weight is 435 g/mol. The zero-order valence-corrected chi connectivity index (χ0v) is 18.6. The molecule has 1 atom stereocenters. The molecule has 2 aromatic carbocycles. The number of hydrogen-bond donors (Lipinski definition) is 2. The van der Waals surface area contributed by atoms with Crippen molar-refractivity contribution in [3.63, 3.8) is 0 Å². The van der Waals surface area contributed by atoms with Crippen molar-refractivity contribution in [2.24, 2.45) is 4.99 Å². The van der Waals surface area contributed by atoms with Gasteiger partial charge in [-0.05, 0) is 23.8 Å². The molecule has 1 aliphatic heterocycles. The fraction of sp³-hybridized carbons (Fsp3) is 0.375. The Morgan fingerprint density at radius 2 is 2.06 bits per heavy atom. The largest absolute Gasteiger partial charge is 0.497 e. The van der Waals surface area contributed by atoms with Crippen molar-refractivity contribution < 1.29 is 9.47 Å². The maximum atomic E-state index is 5.81. The van der Waals surface area contributed by atoms with Gasteiger partial charge in [0, 0.05) is 31.5 Å². The Kier molecular flexibility index (Phi) is 7.22. The molecule has 1 aliphatic rings. The lowest BCUT2D eigenvalue weighted by molar-refractivity contribution is 0.261. The number of nitrogens with one attached hydrogen (secondary N) is 2. The van der Waals surface area contributed by atoms with E-state index in [9.17, 15) is 0 Å². The predicted octanol–water partition coefficient (Wildman–Crippen LogP) is 3.11. The minimum absolute atomic E-state index is 0.142. The van der Waals surface area contributed by atoms with Crippen molar-refractivity contribution in [3.8, 4) is 11.5 Å². The summed E-state index contributed by atoms with van der Waals surface area (Å²) in [5, 5.41) is 15.3. The Balaban J connectivity index is 1.46. The third-order valence-corrected chi connectivity index (χ3v) is 5.51. The number of benzene rings is 2. The van der Waals surface area contributed by atoms with Gasteiger partial charge in [-0.2, -0.15) is 0 Å². The van der Waals surface area contributed by atoms with E-state index < -0.39 is 0 Å². The van der Waals surface area contributed by atoms with Gasteiger partial charge in [0.2, 0.25) is 0 Å². The predicted molar refractivity (Wildman–Crippen MR) is 124 cm³/mol. The van der Waals surface area contributed by atoms with E-state index in [1.807, 2.05) is 42.5 Å². The van der Waals surface area contributed by atoms with E-state index in [0.29, 0.717) is 19.7 Å². The highest BCUT2D eigenvalue weighted by Crippen LogP contribution is 2.31. The van der Waals surface area contributed by atoms with Crippen LogP contribution in [0, 0.1) is 0 Å². The third-order valence-electron chi connectivity index (χ3n) is 5.51. The summed E-state index contributed by atoms with van der Waals surface area (Å²) in [6.07, 6.45) is 3.51. The number of aromatic nitrogens is 3. The second-order valence-corrected chi connectivity index (χ2v) is 7.61. The number of guanidine groups is 1. The normalized spacial score (nSPS) is 15.6. The molecule has 32 heavy (non-hydrogen) atoms. The highest BCUT2D eigenvalue weighted by Gasteiger charge is 2.22. The first kappa shape index (κ1) is 21.7. The standard InChI is InChI=1S/C24H30N6O2/c1-3-23-29-27-17-30(23)14-13-25-24(26-16-18-8-10-19(31-2)11-9-18)28-21-12-15-32-22-7-5-4-6-20(21)22/h4-11,17,21H,3,12-16H2,1-2H3,(H2,25,26,28). The second kappa shape index (κ2) is 10.7. The summed E-state index contributed by atoms with van der Waals surface area (Å²) in [5.74, 6) is 3.53. The molecule has 0 amide bonds. The number of nitrogens with zero attached hydrogens (tertiary/aromatic N) is 4. The van der Waals surface area contributed by atoms with Crippen LogP contribution >= 0.6 is 0 Å². The van der Waals surface area contributed by atoms with Crippen LogP contribution in [0.3, 0.4) is 0 Å². The number of aliphatic imine (C=N–C) groups is 1. The Morgan fingerprint density at radius 3 is 2.88 bits per heavy atom. The number of aryl methyl sites for hydroxylation is 1. The number of para-hydroxylation sites is 1. The highest BCUT2D eigenvalue weighted by atomic mass is 16.5. The molecule has 4 rings (SSSR count). The molecule has 0 radical (unpaired) electrons. The molecule has 1 aromatic heterocycles. The molecule has 0 saturated heterocycles. The molecule has 168 valence electrons. The van der Waals surface area contributed by atoms with Crippen molar-refractivity contribution in [2.75, 3.05) is 20.3 Å². The van der Waals surface area contributed by atoms with Crippen LogP contribution in [0.5, 0.6) is 11.5 Å². The van der Waals surface area contributed by atoms with Gasteiger partial charge in [-0.25, -0.2) is 4.99 Å². The van der Waals surface area contributed by atoms with Gasteiger partial charge in [0.25, 0.3) is 0 Å². The van der Waals surface area contributed by atoms with Gasteiger partial charge in [-0.3, -0.25) is 0 Å². The van der Waals surface area contributed by atoms with Crippen LogP contribution in [-0.4, -0.2) is 41.0 Å². The fourth-order valence-corrected chi connectivity index (χ4v) is 3.75. The maximum absolute atomic E-state index is 5.81. The molecule has 1 unspecified atom stereocenters. The molecule has 0 spiro atoms. The zero-order chi connectivity index (χ0) is 22.2. The van der Waals surface area contributed by atoms with Crippen molar-refractivity contribution in [3.05, 3.63) is 71.8 Å². The van der Waals surface area contributed by atoms with E-state index in [2.05, 4.69) is 38.4 Å². The monoisotopic (exact) mass is 434 g/mol. The molecule has 8 heteroatoms. The molecule has 2 heterocycles. The average Bonchev–Trinajstić information content (AvgIpc) is 3.30. The smallest absolute Gasteiger partial charge is 0.192 e. The lowest BCUT2D eigenvalue weighted by Crippen LogP contribution is -2.42. The van der Waals surface area contributed by atoms with Crippen LogP contribution < -0.4 is 20.1 Å². The fourth-order valence-electron chi connectivity index (χ4n) is 3.75. The second-order valence-electron chi connectivity index (χ2n) is 7.61. The maximum Gasteiger partial charge on any atom is 0.192 e. The van der Waals surface area contributed by atoms with Crippen LogP contribution in [0.4, 0.5) is 0 Å². The lowest BCUT2D eigenvalue weighted by Gasteiger charge is -2.28. The van der Waals surface area contributed by atoms with Gasteiger partial charge in [0.05, 0.1) is 26.3 Å². The molecular formula is C24H30N6O2. The molecule has 8 nitrogen and oxygen atoms in total. The van der Waals surface area contributed by atoms with Crippen molar-refractivity contribution in [1.29, 1.82) is 0 Å². The molecule has 0 aliphatic carbocycles. The van der Waals surface area contributed by atoms with Crippen molar-refractivity contribution >= 4 is 5.96 Å². The first-order chi connectivity index (χ1) is 15.8. The molecule has 2 N–H and O–H groups in total. The van der Waals surface area contributed by atoms with E-state index in [1.165, 1.54) is 0 Å². The summed E-state index contributed by atoms with van der Waals surface area (Å²) in [7, 11) is 1.67. The quantitative estimate of drug-likeness (QED) is 0.419. The van der Waals surface area contributed by atoms with Crippen LogP contribution in [0.15, 0.2) is 59.9 Å². The third kappa shape index (κ3) is 5.38. The zero-order valence-electron chi connectivity index (χ0n) is 18.6. The van der Waals surface area contributed by atoms with Crippen LogP contribution in [0.1, 0.15) is 36.3 Å². The molecule has 0 bridgehead atoms. The topological polar surface area (TPSA) is 85.6 Å². The summed E-state index contributed by atoms with van der Waals surface area (Å²) in [6.45, 7) is 4.81. The SMILES string of the molecule is CCc1nncn1CCNC(=NCc1ccc(OC)cc1)NC1CCOc2ccccc21. The van der Waals surface area contributed by atoms with Crippen LogP contribution in [0.25, 0.3) is 0 Å². The van der Waals surface area contributed by atoms with Gasteiger partial charge in [-0.1, -0.05) is 37.3 Å². The van der Waals surface area contributed by atoms with Crippen LogP contribution in [-0.2, 0) is 19.5 Å². The Hall–Kier alpha value is -3.55. The molecule has 3 aromatic rings. The van der Waals surface area contributed by atoms with Gasteiger partial charge >= 0.3 is 0 Å². The molecular weight excluding hydrogens is 404 g/mol. The Morgan fingerprint density at radius 1 is 1.22 bits per heavy atom. The van der Waals surface area contributed by atoms with Gasteiger partial charge < -0.3 is 24.7 Å². The first-order valence-corrected chi connectivity index (χ1v) is 11.0. The number of methoxy groups -OCH3 is 1. The summed E-state index contributed by atoms with van der Waals surface area (Å²) in [6, 6.07) is 16.3. The molecule has 0 saturated carbocycles. The highest BCUT2D eigenvalue weighted by molar-refractivity contribution is 5.80. The molecule has 0 fully saturated rings. The summed E-state index contributed by atoms with van der Waals surface area (Å²) >= 11 is 0. The van der Waals surface area contributed by atoms with Crippen molar-refractivity contribution in [1.82, 2.24) is 25.4 Å². The van der Waals surface area contributed by atoms with E-state index in [1.54, 1.807) is 13.4 Å². The minimum atomic E-state index is 0.142. The lowest BCUT2D eigenvalue weighted by atomic mass is 10.0. The number of ether oxygens (including phenoxy) is 2. The van der Waals surface area contributed by atoms with Gasteiger partial charge in [-0.15, -0.1) is 10.2 Å². The van der Waals surface area contributed by atoms with Gasteiger partial charge in [0.15, 0.2) is 5.96 Å². The Bertz CT molecular complexity index is 1030. The first-order valence-electron chi connectivity index (χ1n) is 11.0. The minimum Gasteiger partial charge on any atom is -0.497 e. The van der Waals surface area contributed by atoms with E-state index >= 15 is 0 Å². The van der Waals surface area contributed by atoms with E-state index in [0.717, 1.165) is 53.8 Å². The number of hydrogen-bond acceptors (Lipinski definition) is 5. The summed E-state index contributed by atoms with van der Waals surface area (Å²) < 4.78 is 13.1. The number of fused-ring (bicyclic) bond motifs is 1.